The van der Waals surface area contributed by atoms with Gasteiger partial charge >= 0.3 is 0 Å². The Morgan fingerprint density at radius 3 is 2.41 bits per heavy atom. The number of nitrogens with one attached hydrogen (secondary N) is 3. The normalized spacial score (nSPS) is 17.2. The van der Waals surface area contributed by atoms with Crippen LogP contribution < -0.4 is 10.6 Å². The van der Waals surface area contributed by atoms with Gasteiger partial charge in [-0.3, -0.25) is 14.4 Å². The molecule has 0 spiro atoms. The van der Waals surface area contributed by atoms with Crippen molar-refractivity contribution in [3.63, 3.8) is 0 Å². The first-order chi connectivity index (χ1) is 21.5. The molecular formula is C37H38N4O3. The molecule has 3 atom stereocenters. The molecule has 7 heteroatoms. The van der Waals surface area contributed by atoms with Crippen molar-refractivity contribution in [2.75, 3.05) is 7.05 Å². The summed E-state index contributed by atoms with van der Waals surface area (Å²) in [5, 5.41) is 9.51. The zero-order chi connectivity index (χ0) is 30.5. The number of amides is 3. The molecule has 1 fully saturated rings. The highest BCUT2D eigenvalue weighted by Gasteiger charge is 2.34. The van der Waals surface area contributed by atoms with Gasteiger partial charge in [0.05, 0.1) is 17.9 Å². The maximum atomic E-state index is 14.0. The molecule has 3 N–H and O–H groups in total. The molecule has 6 rings (SSSR count). The number of benzene rings is 4. The van der Waals surface area contributed by atoms with E-state index in [9.17, 15) is 14.4 Å². The van der Waals surface area contributed by atoms with E-state index < -0.39 is 12.1 Å². The maximum absolute atomic E-state index is 14.0. The lowest BCUT2D eigenvalue weighted by molar-refractivity contribution is -0.135. The van der Waals surface area contributed by atoms with Crippen LogP contribution in [0.25, 0.3) is 21.7 Å². The third-order valence-corrected chi connectivity index (χ3v) is 8.86. The van der Waals surface area contributed by atoms with E-state index >= 15 is 0 Å². The third-order valence-electron chi connectivity index (χ3n) is 8.86. The molecule has 5 aromatic rings. The summed E-state index contributed by atoms with van der Waals surface area (Å²) in [4.78, 5) is 45.7. The van der Waals surface area contributed by atoms with Crippen LogP contribution in [0.5, 0.6) is 0 Å². The van der Waals surface area contributed by atoms with Crippen LogP contribution in [0.1, 0.15) is 47.2 Å². The predicted octanol–water partition coefficient (Wildman–Crippen LogP) is 6.00. The summed E-state index contributed by atoms with van der Waals surface area (Å²) in [6.45, 7) is 0. The fourth-order valence-electron chi connectivity index (χ4n) is 6.34. The lowest BCUT2D eigenvalue weighted by Crippen LogP contribution is -2.55. The van der Waals surface area contributed by atoms with Gasteiger partial charge in [-0.05, 0) is 40.8 Å². The number of rotatable bonds is 9. The first-order valence-corrected chi connectivity index (χ1v) is 15.4. The Hall–Kier alpha value is -4.91. The van der Waals surface area contributed by atoms with Crippen molar-refractivity contribution in [3.8, 4) is 0 Å². The van der Waals surface area contributed by atoms with Gasteiger partial charge in [-0.25, -0.2) is 0 Å². The van der Waals surface area contributed by atoms with E-state index in [2.05, 4.69) is 45.9 Å². The standard InChI is InChI=1S/C37H38N4O3/c1-41(35(42)23-25-11-3-2-4-12-25)34(22-26-19-20-27-13-5-6-14-28(27)21-26)40-36(43)30-16-8-10-18-33(30)39-37(44)31-24-38-32-17-9-7-15-29(31)32/h2-7,9,11-15,17,19-21,24,30,33-34,38H,8,10,16,18,22-23H2,1H3,(H,39,44)(H,40,43)/t30-,33+,34-/m1/s1. The molecule has 0 unspecified atom stereocenters. The topological polar surface area (TPSA) is 94.3 Å². The van der Waals surface area contributed by atoms with E-state index in [0.717, 1.165) is 52.1 Å². The third kappa shape index (κ3) is 6.52. The molecule has 1 saturated carbocycles. The number of hydrogen-bond donors (Lipinski definition) is 3. The van der Waals surface area contributed by atoms with Crippen molar-refractivity contribution in [1.82, 2.24) is 20.5 Å². The Kier molecular flexibility index (Phi) is 8.73. The summed E-state index contributed by atoms with van der Waals surface area (Å²) in [6, 6.07) is 31.5. The van der Waals surface area contributed by atoms with Crippen LogP contribution in [0.4, 0.5) is 0 Å². The van der Waals surface area contributed by atoms with Crippen molar-refractivity contribution < 1.29 is 14.4 Å². The number of carbonyl (C=O) groups excluding carboxylic acids is 3. The fraction of sp³-hybridized carbons (Fsp3) is 0.270. The second kappa shape index (κ2) is 13.2. The zero-order valence-electron chi connectivity index (χ0n) is 25.0. The maximum Gasteiger partial charge on any atom is 0.253 e. The Labute approximate surface area is 257 Å². The molecule has 1 heterocycles. The number of carbonyl (C=O) groups is 3. The van der Waals surface area contributed by atoms with Crippen LogP contribution in [0.15, 0.2) is 103 Å². The lowest BCUT2D eigenvalue weighted by Gasteiger charge is -2.35. The first kappa shape index (κ1) is 29.2. The minimum absolute atomic E-state index is 0.0740. The molecule has 4 aromatic carbocycles. The van der Waals surface area contributed by atoms with Crippen LogP contribution in [0, 0.1) is 5.92 Å². The molecular weight excluding hydrogens is 548 g/mol. The minimum atomic E-state index is -0.549. The zero-order valence-corrected chi connectivity index (χ0v) is 25.0. The number of likely N-dealkylation sites (N-methyl/N-ethyl adjacent to an activating group) is 1. The minimum Gasteiger partial charge on any atom is -0.360 e. The molecule has 0 saturated heterocycles. The van der Waals surface area contributed by atoms with Gasteiger partial charge in [0, 0.05) is 36.6 Å². The summed E-state index contributed by atoms with van der Waals surface area (Å²) >= 11 is 0. The quantitative estimate of drug-likeness (QED) is 0.185. The number of H-pyrrole nitrogens is 1. The van der Waals surface area contributed by atoms with Crippen LogP contribution in [0.2, 0.25) is 0 Å². The van der Waals surface area contributed by atoms with Crippen LogP contribution in [-0.2, 0) is 22.4 Å². The molecule has 0 radical (unpaired) electrons. The molecule has 1 aromatic heterocycles. The van der Waals surface area contributed by atoms with Gasteiger partial charge in [-0.15, -0.1) is 0 Å². The summed E-state index contributed by atoms with van der Waals surface area (Å²) in [5.74, 6) is -0.793. The summed E-state index contributed by atoms with van der Waals surface area (Å²) < 4.78 is 0. The van der Waals surface area contributed by atoms with Gasteiger partial charge in [-0.1, -0.05) is 104 Å². The molecule has 1 aliphatic rings. The van der Waals surface area contributed by atoms with E-state index in [-0.39, 0.29) is 30.2 Å². The second-order valence-electron chi connectivity index (χ2n) is 11.8. The summed E-state index contributed by atoms with van der Waals surface area (Å²) in [7, 11) is 1.76. The number of hydrogen-bond acceptors (Lipinski definition) is 3. The molecule has 224 valence electrons. The highest BCUT2D eigenvalue weighted by molar-refractivity contribution is 6.07. The Bertz CT molecular complexity index is 1780. The summed E-state index contributed by atoms with van der Waals surface area (Å²) in [5.41, 5.74) is 3.43. The predicted molar refractivity (Wildman–Crippen MR) is 174 cm³/mol. The second-order valence-corrected chi connectivity index (χ2v) is 11.8. The average molecular weight is 587 g/mol. The van der Waals surface area contributed by atoms with Crippen molar-refractivity contribution in [1.29, 1.82) is 0 Å². The molecule has 3 amide bonds. The van der Waals surface area contributed by atoms with Crippen molar-refractivity contribution in [2.45, 2.75) is 50.7 Å². The number of nitrogens with zero attached hydrogens (tertiary/aromatic N) is 1. The van der Waals surface area contributed by atoms with Crippen molar-refractivity contribution in [3.05, 3.63) is 120 Å². The molecule has 1 aliphatic carbocycles. The fourth-order valence-corrected chi connectivity index (χ4v) is 6.34. The molecule has 0 bridgehead atoms. The highest BCUT2D eigenvalue weighted by Crippen LogP contribution is 2.27. The van der Waals surface area contributed by atoms with Crippen LogP contribution in [0.3, 0.4) is 0 Å². The molecule has 0 aliphatic heterocycles. The van der Waals surface area contributed by atoms with Gasteiger partial charge in [-0.2, -0.15) is 0 Å². The number of fused-ring (bicyclic) bond motifs is 2. The van der Waals surface area contributed by atoms with E-state index in [1.807, 2.05) is 66.7 Å². The lowest BCUT2D eigenvalue weighted by atomic mass is 9.83. The van der Waals surface area contributed by atoms with Gasteiger partial charge in [0.1, 0.15) is 6.17 Å². The van der Waals surface area contributed by atoms with Gasteiger partial charge in [0.25, 0.3) is 5.91 Å². The SMILES string of the molecule is CN(C(=O)Cc1ccccc1)[C@H](Cc1ccc2ccccc2c1)NC(=O)[C@@H]1CCCC[C@@H]1NC(=O)c1c[nH]c2ccccc12. The Morgan fingerprint density at radius 1 is 0.841 bits per heavy atom. The highest BCUT2D eigenvalue weighted by atomic mass is 16.2. The Balaban J connectivity index is 1.21. The van der Waals surface area contributed by atoms with E-state index in [0.29, 0.717) is 18.4 Å². The van der Waals surface area contributed by atoms with Gasteiger partial charge < -0.3 is 20.5 Å². The smallest absolute Gasteiger partial charge is 0.253 e. The Morgan fingerprint density at radius 2 is 1.57 bits per heavy atom. The molecule has 44 heavy (non-hydrogen) atoms. The molecule has 7 nitrogen and oxygen atoms in total. The first-order valence-electron chi connectivity index (χ1n) is 15.4. The van der Waals surface area contributed by atoms with Crippen molar-refractivity contribution >= 4 is 39.4 Å². The number of para-hydroxylation sites is 1. The summed E-state index contributed by atoms with van der Waals surface area (Å²) in [6.07, 6.45) is 5.14. The monoisotopic (exact) mass is 586 g/mol. The largest absolute Gasteiger partial charge is 0.360 e. The number of aromatic amines is 1. The van der Waals surface area contributed by atoms with Crippen molar-refractivity contribution in [2.24, 2.45) is 5.92 Å². The van der Waals surface area contributed by atoms with Crippen LogP contribution >= 0.6 is 0 Å². The van der Waals surface area contributed by atoms with Crippen LogP contribution in [-0.4, -0.2) is 46.9 Å². The van der Waals surface area contributed by atoms with E-state index in [1.165, 1.54) is 0 Å². The average Bonchev–Trinajstić information content (AvgIpc) is 3.49. The van der Waals surface area contributed by atoms with E-state index in [4.69, 9.17) is 0 Å². The number of aromatic nitrogens is 1. The van der Waals surface area contributed by atoms with Gasteiger partial charge in [0.15, 0.2) is 0 Å². The van der Waals surface area contributed by atoms with Gasteiger partial charge in [0.2, 0.25) is 11.8 Å². The van der Waals surface area contributed by atoms with E-state index in [1.54, 1.807) is 18.1 Å².